The van der Waals surface area contributed by atoms with Crippen molar-refractivity contribution in [2.24, 2.45) is 4.99 Å². The summed E-state index contributed by atoms with van der Waals surface area (Å²) < 4.78 is 0. The van der Waals surface area contributed by atoms with Crippen LogP contribution in [0.4, 0.5) is 0 Å². The first-order chi connectivity index (χ1) is 13.6. The highest BCUT2D eigenvalue weighted by atomic mass is 35.5. The Morgan fingerprint density at radius 1 is 1.18 bits per heavy atom. The van der Waals surface area contributed by atoms with E-state index >= 15 is 0 Å². The lowest BCUT2D eigenvalue weighted by Crippen LogP contribution is -2.38. The van der Waals surface area contributed by atoms with Crippen molar-refractivity contribution in [3.8, 4) is 0 Å². The molecule has 0 bridgehead atoms. The summed E-state index contributed by atoms with van der Waals surface area (Å²) in [6.45, 7) is 2.93. The van der Waals surface area contributed by atoms with Crippen LogP contribution in [0.2, 0.25) is 5.02 Å². The lowest BCUT2D eigenvalue weighted by molar-refractivity contribution is -0.128. The number of nitrogens with zero attached hydrogens (tertiary/aromatic N) is 3. The number of nitrogens with one attached hydrogen (secondary N) is 1. The van der Waals surface area contributed by atoms with Crippen LogP contribution in [0, 0.1) is 0 Å². The lowest BCUT2D eigenvalue weighted by Gasteiger charge is -2.23. The van der Waals surface area contributed by atoms with Crippen LogP contribution in [0.1, 0.15) is 29.5 Å². The number of carbonyl (C=O) groups excluding carboxylic acids is 1. The fourth-order valence-corrected chi connectivity index (χ4v) is 3.58. The van der Waals surface area contributed by atoms with Crippen LogP contribution in [0.25, 0.3) is 0 Å². The molecule has 3 rings (SSSR count). The molecule has 6 heteroatoms. The summed E-state index contributed by atoms with van der Waals surface area (Å²) in [5.41, 5.74) is 3.53. The van der Waals surface area contributed by atoms with Gasteiger partial charge in [0.2, 0.25) is 5.91 Å². The summed E-state index contributed by atoms with van der Waals surface area (Å²) >= 11 is 5.97. The predicted molar refractivity (Wildman–Crippen MR) is 114 cm³/mol. The van der Waals surface area contributed by atoms with E-state index in [2.05, 4.69) is 27.3 Å². The van der Waals surface area contributed by atoms with Crippen LogP contribution in [0.3, 0.4) is 0 Å². The molecule has 1 amide bonds. The first kappa shape index (κ1) is 20.2. The Hall–Kier alpha value is -2.53. The standard InChI is InChI=1S/C22H27ClN4O/c1-24-22(26(2)15-17-9-11-20(23)12-10-17)25-14-18-6-3-4-7-19(18)16-27-13-5-8-21(27)28/h3-4,6-7,9-12H,5,8,13-16H2,1-2H3,(H,24,25). The van der Waals surface area contributed by atoms with Gasteiger partial charge in [-0.15, -0.1) is 0 Å². The normalized spacial score (nSPS) is 14.5. The molecular weight excluding hydrogens is 372 g/mol. The van der Waals surface area contributed by atoms with Gasteiger partial charge in [0.15, 0.2) is 5.96 Å². The quantitative estimate of drug-likeness (QED) is 0.596. The number of carbonyl (C=O) groups is 1. The maximum atomic E-state index is 12.0. The Bertz CT molecular complexity index is 835. The second kappa shape index (κ2) is 9.60. The molecule has 1 heterocycles. The van der Waals surface area contributed by atoms with E-state index in [0.29, 0.717) is 19.5 Å². The van der Waals surface area contributed by atoms with Gasteiger partial charge in [-0.05, 0) is 35.2 Å². The van der Waals surface area contributed by atoms with E-state index < -0.39 is 0 Å². The largest absolute Gasteiger partial charge is 0.352 e. The molecule has 5 nitrogen and oxygen atoms in total. The van der Waals surface area contributed by atoms with E-state index in [1.807, 2.05) is 48.3 Å². The molecule has 0 saturated carbocycles. The Labute approximate surface area is 172 Å². The molecule has 0 spiro atoms. The van der Waals surface area contributed by atoms with Crippen molar-refractivity contribution < 1.29 is 4.79 Å². The van der Waals surface area contributed by atoms with Gasteiger partial charge in [0, 0.05) is 51.7 Å². The first-order valence-electron chi connectivity index (χ1n) is 9.57. The van der Waals surface area contributed by atoms with Gasteiger partial charge in [-0.25, -0.2) is 0 Å². The minimum absolute atomic E-state index is 0.251. The van der Waals surface area contributed by atoms with E-state index in [9.17, 15) is 4.79 Å². The molecule has 0 aliphatic carbocycles. The van der Waals surface area contributed by atoms with Crippen molar-refractivity contribution in [2.45, 2.75) is 32.5 Å². The maximum absolute atomic E-state index is 12.0. The van der Waals surface area contributed by atoms with Gasteiger partial charge in [0.1, 0.15) is 0 Å². The fourth-order valence-electron chi connectivity index (χ4n) is 3.46. The van der Waals surface area contributed by atoms with E-state index in [-0.39, 0.29) is 5.91 Å². The molecule has 0 radical (unpaired) electrons. The maximum Gasteiger partial charge on any atom is 0.222 e. The zero-order valence-corrected chi connectivity index (χ0v) is 17.2. The zero-order valence-electron chi connectivity index (χ0n) is 16.5. The molecule has 0 unspecified atom stereocenters. The average Bonchev–Trinajstić information content (AvgIpc) is 3.10. The monoisotopic (exact) mass is 398 g/mol. The third kappa shape index (κ3) is 5.26. The van der Waals surface area contributed by atoms with Crippen LogP contribution in [0.5, 0.6) is 0 Å². The summed E-state index contributed by atoms with van der Waals surface area (Å²) in [7, 11) is 3.80. The molecule has 0 aromatic heterocycles. The van der Waals surface area contributed by atoms with Crippen LogP contribution < -0.4 is 5.32 Å². The second-order valence-electron chi connectivity index (χ2n) is 7.07. The number of likely N-dealkylation sites (tertiary alicyclic amines) is 1. The molecule has 1 N–H and O–H groups in total. The van der Waals surface area contributed by atoms with Crippen LogP contribution in [-0.2, 0) is 24.4 Å². The van der Waals surface area contributed by atoms with E-state index in [1.165, 1.54) is 16.7 Å². The van der Waals surface area contributed by atoms with Gasteiger partial charge >= 0.3 is 0 Å². The zero-order chi connectivity index (χ0) is 19.9. The van der Waals surface area contributed by atoms with E-state index in [0.717, 1.165) is 30.5 Å². The number of guanidine groups is 1. The number of aliphatic imine (C=N–C) groups is 1. The number of rotatable bonds is 6. The second-order valence-corrected chi connectivity index (χ2v) is 7.51. The highest BCUT2D eigenvalue weighted by Gasteiger charge is 2.21. The third-order valence-electron chi connectivity index (χ3n) is 4.99. The molecule has 0 atom stereocenters. The van der Waals surface area contributed by atoms with E-state index in [1.54, 1.807) is 7.05 Å². The van der Waals surface area contributed by atoms with Gasteiger partial charge in [-0.2, -0.15) is 0 Å². The molecule has 148 valence electrons. The Morgan fingerprint density at radius 3 is 2.54 bits per heavy atom. The number of hydrogen-bond acceptors (Lipinski definition) is 2. The van der Waals surface area contributed by atoms with Crippen molar-refractivity contribution in [3.63, 3.8) is 0 Å². The minimum Gasteiger partial charge on any atom is -0.352 e. The predicted octanol–water partition coefficient (Wildman–Crippen LogP) is 3.67. The highest BCUT2D eigenvalue weighted by Crippen LogP contribution is 2.17. The summed E-state index contributed by atoms with van der Waals surface area (Å²) in [6, 6.07) is 16.1. The van der Waals surface area contributed by atoms with Crippen molar-refractivity contribution in [2.75, 3.05) is 20.6 Å². The van der Waals surface area contributed by atoms with Crippen molar-refractivity contribution in [1.82, 2.24) is 15.1 Å². The number of hydrogen-bond donors (Lipinski definition) is 1. The topological polar surface area (TPSA) is 47.9 Å². The molecule has 1 saturated heterocycles. The lowest BCUT2D eigenvalue weighted by atomic mass is 10.1. The van der Waals surface area contributed by atoms with Crippen molar-refractivity contribution in [1.29, 1.82) is 0 Å². The van der Waals surface area contributed by atoms with Crippen LogP contribution in [-0.4, -0.2) is 42.3 Å². The smallest absolute Gasteiger partial charge is 0.222 e. The van der Waals surface area contributed by atoms with Crippen LogP contribution >= 0.6 is 11.6 Å². The molecule has 1 aliphatic rings. The summed E-state index contributed by atoms with van der Waals surface area (Å²) in [5.74, 6) is 1.07. The minimum atomic E-state index is 0.251. The average molecular weight is 399 g/mol. The SMILES string of the molecule is CN=C(NCc1ccccc1CN1CCCC1=O)N(C)Cc1ccc(Cl)cc1. The van der Waals surface area contributed by atoms with Gasteiger partial charge in [-0.1, -0.05) is 48.0 Å². The number of amides is 1. The molecule has 2 aromatic rings. The Kier molecular flexibility index (Phi) is 6.93. The highest BCUT2D eigenvalue weighted by molar-refractivity contribution is 6.30. The van der Waals surface area contributed by atoms with E-state index in [4.69, 9.17) is 11.6 Å². The molecule has 2 aromatic carbocycles. The third-order valence-corrected chi connectivity index (χ3v) is 5.25. The molecular formula is C22H27ClN4O. The van der Waals surface area contributed by atoms with Gasteiger partial charge in [0.05, 0.1) is 0 Å². The van der Waals surface area contributed by atoms with Crippen molar-refractivity contribution in [3.05, 3.63) is 70.2 Å². The van der Waals surface area contributed by atoms with Gasteiger partial charge < -0.3 is 15.1 Å². The Balaban J connectivity index is 1.61. The first-order valence-corrected chi connectivity index (χ1v) is 9.95. The number of halogens is 1. The number of benzene rings is 2. The van der Waals surface area contributed by atoms with Crippen molar-refractivity contribution >= 4 is 23.5 Å². The van der Waals surface area contributed by atoms with Crippen LogP contribution in [0.15, 0.2) is 53.5 Å². The summed E-state index contributed by atoms with van der Waals surface area (Å²) in [5, 5.41) is 4.18. The molecule has 1 aliphatic heterocycles. The Morgan fingerprint density at radius 2 is 1.89 bits per heavy atom. The fraction of sp³-hybridized carbons (Fsp3) is 0.364. The molecule has 28 heavy (non-hydrogen) atoms. The van der Waals surface area contributed by atoms with Gasteiger partial charge in [-0.3, -0.25) is 9.79 Å². The molecule has 1 fully saturated rings. The summed E-state index contributed by atoms with van der Waals surface area (Å²) in [6.07, 6.45) is 1.63. The van der Waals surface area contributed by atoms with Gasteiger partial charge in [0.25, 0.3) is 0 Å². The summed E-state index contributed by atoms with van der Waals surface area (Å²) in [4.78, 5) is 20.4.